The van der Waals surface area contributed by atoms with Gasteiger partial charge in [0.1, 0.15) is 17.8 Å². The number of aryl methyl sites for hydroxylation is 2. The number of rotatable bonds is 4. The van der Waals surface area contributed by atoms with Crippen LogP contribution in [0.25, 0.3) is 0 Å². The van der Waals surface area contributed by atoms with Crippen molar-refractivity contribution >= 4 is 0 Å². The molecule has 2 aromatic heterocycles. The quantitative estimate of drug-likeness (QED) is 0.893. The van der Waals surface area contributed by atoms with E-state index in [1.54, 1.807) is 13.2 Å². The molecule has 0 saturated heterocycles. The topological polar surface area (TPSA) is 74.2 Å². The molecule has 0 aromatic carbocycles. The second-order valence-electron chi connectivity index (χ2n) is 4.23. The van der Waals surface area contributed by atoms with Gasteiger partial charge >= 0.3 is 0 Å². The van der Waals surface area contributed by atoms with Crippen LogP contribution >= 0.6 is 0 Å². The molecule has 0 radical (unpaired) electrons. The molecule has 18 heavy (non-hydrogen) atoms. The predicted molar refractivity (Wildman–Crippen MR) is 67.4 cm³/mol. The van der Waals surface area contributed by atoms with E-state index in [1.807, 2.05) is 19.9 Å². The molecular weight excluding hydrogens is 230 g/mol. The Morgan fingerprint density at radius 2 is 2.11 bits per heavy atom. The molecule has 0 aliphatic heterocycles. The van der Waals surface area contributed by atoms with Crippen LogP contribution in [0.2, 0.25) is 0 Å². The maximum absolute atomic E-state index is 6.17. The summed E-state index contributed by atoms with van der Waals surface area (Å²) in [5, 5.41) is 0. The number of aromatic nitrogens is 2. The highest BCUT2D eigenvalue weighted by molar-refractivity contribution is 5.26. The van der Waals surface area contributed by atoms with Crippen molar-refractivity contribution in [2.45, 2.75) is 26.3 Å². The van der Waals surface area contributed by atoms with Gasteiger partial charge in [0.2, 0.25) is 5.88 Å². The monoisotopic (exact) mass is 247 g/mol. The summed E-state index contributed by atoms with van der Waals surface area (Å²) in [5.41, 5.74) is 8.04. The summed E-state index contributed by atoms with van der Waals surface area (Å²) in [7, 11) is 1.58. The molecule has 0 spiro atoms. The normalized spacial score (nSPS) is 12.4. The first-order chi connectivity index (χ1) is 8.60. The average molecular weight is 247 g/mol. The number of furan rings is 1. The molecule has 0 fully saturated rings. The molecule has 0 aliphatic rings. The van der Waals surface area contributed by atoms with E-state index in [-0.39, 0.29) is 6.04 Å². The fourth-order valence-corrected chi connectivity index (χ4v) is 1.95. The molecule has 0 bridgehead atoms. The highest BCUT2D eigenvalue weighted by Crippen LogP contribution is 2.22. The van der Waals surface area contributed by atoms with Crippen LogP contribution in [0.1, 0.15) is 28.8 Å². The van der Waals surface area contributed by atoms with Crippen molar-refractivity contribution in [3.8, 4) is 5.88 Å². The van der Waals surface area contributed by atoms with Gasteiger partial charge in [-0.1, -0.05) is 0 Å². The van der Waals surface area contributed by atoms with Crippen molar-refractivity contribution < 1.29 is 9.15 Å². The van der Waals surface area contributed by atoms with Crippen molar-refractivity contribution in [2.24, 2.45) is 5.73 Å². The van der Waals surface area contributed by atoms with E-state index in [0.717, 1.165) is 22.8 Å². The number of hydrogen-bond acceptors (Lipinski definition) is 5. The van der Waals surface area contributed by atoms with E-state index in [9.17, 15) is 0 Å². The number of ether oxygens (including phenoxy) is 1. The number of nitrogens with zero attached hydrogens (tertiary/aromatic N) is 2. The number of methoxy groups -OCH3 is 1. The van der Waals surface area contributed by atoms with Gasteiger partial charge in [0.15, 0.2) is 0 Å². The summed E-state index contributed by atoms with van der Waals surface area (Å²) >= 11 is 0. The largest absolute Gasteiger partial charge is 0.481 e. The predicted octanol–water partition coefficient (Wildman–Crippen LogP) is 1.94. The molecule has 5 nitrogen and oxygen atoms in total. The Bertz CT molecular complexity index is 537. The Balaban J connectivity index is 2.15. The van der Waals surface area contributed by atoms with Gasteiger partial charge < -0.3 is 14.9 Å². The SMILES string of the molecule is COc1cc(CC(N)c2cc(C)oc2C)ncn1. The zero-order chi connectivity index (χ0) is 13.1. The molecule has 2 N–H and O–H groups in total. The van der Waals surface area contributed by atoms with Gasteiger partial charge in [-0.15, -0.1) is 0 Å². The summed E-state index contributed by atoms with van der Waals surface area (Å²) < 4.78 is 10.5. The van der Waals surface area contributed by atoms with Gasteiger partial charge in [0, 0.05) is 29.8 Å². The smallest absolute Gasteiger partial charge is 0.216 e. The molecule has 2 heterocycles. The van der Waals surface area contributed by atoms with Crippen LogP contribution in [-0.2, 0) is 6.42 Å². The van der Waals surface area contributed by atoms with Crippen LogP contribution in [0.4, 0.5) is 0 Å². The zero-order valence-corrected chi connectivity index (χ0v) is 10.8. The fourth-order valence-electron chi connectivity index (χ4n) is 1.95. The first kappa shape index (κ1) is 12.6. The molecule has 96 valence electrons. The van der Waals surface area contributed by atoms with Crippen molar-refractivity contribution in [3.05, 3.63) is 41.2 Å². The Kier molecular flexibility index (Phi) is 3.62. The van der Waals surface area contributed by atoms with E-state index in [0.29, 0.717) is 12.3 Å². The summed E-state index contributed by atoms with van der Waals surface area (Å²) in [6.45, 7) is 3.83. The molecule has 2 aromatic rings. The highest BCUT2D eigenvalue weighted by Gasteiger charge is 2.14. The van der Waals surface area contributed by atoms with Crippen LogP contribution in [0, 0.1) is 13.8 Å². The summed E-state index contributed by atoms with van der Waals surface area (Å²) in [5.74, 6) is 2.28. The molecule has 0 aliphatic carbocycles. The minimum absolute atomic E-state index is 0.137. The maximum Gasteiger partial charge on any atom is 0.216 e. The average Bonchev–Trinajstić information content (AvgIpc) is 2.69. The lowest BCUT2D eigenvalue weighted by Gasteiger charge is -2.10. The molecule has 0 amide bonds. The number of nitrogens with two attached hydrogens (primary N) is 1. The first-order valence-corrected chi connectivity index (χ1v) is 5.77. The Morgan fingerprint density at radius 1 is 1.33 bits per heavy atom. The second kappa shape index (κ2) is 5.18. The minimum atomic E-state index is -0.137. The van der Waals surface area contributed by atoms with Crippen LogP contribution < -0.4 is 10.5 Å². The lowest BCUT2D eigenvalue weighted by molar-refractivity contribution is 0.395. The van der Waals surface area contributed by atoms with E-state index in [4.69, 9.17) is 14.9 Å². The van der Waals surface area contributed by atoms with E-state index >= 15 is 0 Å². The van der Waals surface area contributed by atoms with Gasteiger partial charge in [0.05, 0.1) is 7.11 Å². The van der Waals surface area contributed by atoms with Crippen LogP contribution in [0.5, 0.6) is 5.88 Å². The fraction of sp³-hybridized carbons (Fsp3) is 0.385. The van der Waals surface area contributed by atoms with E-state index in [2.05, 4.69) is 9.97 Å². The standard InChI is InChI=1S/C13H17N3O2/c1-8-4-11(9(2)18-8)12(14)5-10-6-13(17-3)16-7-15-10/h4,6-7,12H,5,14H2,1-3H3. The third-order valence-electron chi connectivity index (χ3n) is 2.82. The van der Waals surface area contributed by atoms with E-state index < -0.39 is 0 Å². The van der Waals surface area contributed by atoms with Gasteiger partial charge in [-0.05, 0) is 19.9 Å². The van der Waals surface area contributed by atoms with Crippen molar-refractivity contribution in [3.63, 3.8) is 0 Å². The zero-order valence-electron chi connectivity index (χ0n) is 10.8. The Hall–Kier alpha value is -1.88. The first-order valence-electron chi connectivity index (χ1n) is 5.77. The third-order valence-corrected chi connectivity index (χ3v) is 2.82. The van der Waals surface area contributed by atoms with Crippen LogP contribution in [0.3, 0.4) is 0 Å². The Morgan fingerprint density at radius 3 is 2.72 bits per heavy atom. The van der Waals surface area contributed by atoms with Gasteiger partial charge in [-0.2, -0.15) is 0 Å². The summed E-state index contributed by atoms with van der Waals surface area (Å²) in [6.07, 6.45) is 2.10. The second-order valence-corrected chi connectivity index (χ2v) is 4.23. The summed E-state index contributed by atoms with van der Waals surface area (Å²) in [6, 6.07) is 3.63. The molecule has 5 heteroatoms. The van der Waals surface area contributed by atoms with Gasteiger partial charge in [-0.25, -0.2) is 9.97 Å². The number of hydrogen-bond donors (Lipinski definition) is 1. The highest BCUT2D eigenvalue weighted by atomic mass is 16.5. The summed E-state index contributed by atoms with van der Waals surface area (Å²) in [4.78, 5) is 8.15. The lowest BCUT2D eigenvalue weighted by Crippen LogP contribution is -2.14. The molecule has 1 unspecified atom stereocenters. The molecular formula is C13H17N3O2. The van der Waals surface area contributed by atoms with Gasteiger partial charge in [0.25, 0.3) is 0 Å². The molecule has 2 rings (SSSR count). The van der Waals surface area contributed by atoms with Crippen molar-refractivity contribution in [2.75, 3.05) is 7.11 Å². The molecule has 1 atom stereocenters. The van der Waals surface area contributed by atoms with Crippen molar-refractivity contribution in [1.29, 1.82) is 0 Å². The minimum Gasteiger partial charge on any atom is -0.481 e. The van der Waals surface area contributed by atoms with Crippen molar-refractivity contribution in [1.82, 2.24) is 9.97 Å². The van der Waals surface area contributed by atoms with Crippen LogP contribution in [-0.4, -0.2) is 17.1 Å². The third kappa shape index (κ3) is 2.68. The lowest BCUT2D eigenvalue weighted by atomic mass is 10.0. The van der Waals surface area contributed by atoms with E-state index in [1.165, 1.54) is 6.33 Å². The Labute approximate surface area is 106 Å². The molecule has 0 saturated carbocycles. The van der Waals surface area contributed by atoms with Crippen LogP contribution in [0.15, 0.2) is 22.9 Å². The van der Waals surface area contributed by atoms with Gasteiger partial charge in [-0.3, -0.25) is 0 Å². The maximum atomic E-state index is 6.17.